The minimum Gasteiger partial charge on any atom is -0.507 e. The van der Waals surface area contributed by atoms with Gasteiger partial charge < -0.3 is 5.11 Å². The van der Waals surface area contributed by atoms with Crippen LogP contribution in [-0.2, 0) is 6.18 Å². The molecule has 2 N–H and O–H groups in total. The van der Waals surface area contributed by atoms with Crippen LogP contribution in [0, 0.1) is 6.92 Å². The van der Waals surface area contributed by atoms with Gasteiger partial charge in [-0.2, -0.15) is 18.3 Å². The fourth-order valence-electron chi connectivity index (χ4n) is 2.16. The topological polar surface area (TPSA) is 74.7 Å². The Balaban J connectivity index is 2.09. The highest BCUT2D eigenvalue weighted by molar-refractivity contribution is 5.68. The molecule has 0 aliphatic rings. The van der Waals surface area contributed by atoms with E-state index >= 15 is 0 Å². The first kappa shape index (κ1) is 15.0. The zero-order valence-electron chi connectivity index (χ0n) is 11.9. The quantitative estimate of drug-likeness (QED) is 0.757. The maximum Gasteiger partial charge on any atom is 0.417 e. The van der Waals surface area contributed by atoms with Crippen LogP contribution in [-0.4, -0.2) is 25.3 Å². The number of aromatic amines is 1. The molecule has 3 aromatic rings. The Morgan fingerprint density at radius 1 is 1.13 bits per heavy atom. The number of phenolic OH excluding ortho intramolecular Hbond substituents is 1. The number of phenols is 1. The van der Waals surface area contributed by atoms with E-state index < -0.39 is 11.7 Å². The van der Waals surface area contributed by atoms with Gasteiger partial charge in [0, 0.05) is 12.4 Å². The standard InChI is InChI=1S/C15H11F3N4O/c1-8-2-3-12(23)9(6-8)13-20-14(22-21-13)10-7-19-5-4-11(10)15(16,17)18/h2-7,23H,1H3,(H,20,21,22). The van der Waals surface area contributed by atoms with Gasteiger partial charge in [-0.05, 0) is 25.1 Å². The maximum absolute atomic E-state index is 13.0. The third-order valence-electron chi connectivity index (χ3n) is 3.26. The zero-order valence-corrected chi connectivity index (χ0v) is 11.9. The van der Waals surface area contributed by atoms with Crippen molar-refractivity contribution in [2.45, 2.75) is 13.1 Å². The van der Waals surface area contributed by atoms with Gasteiger partial charge in [0.05, 0.1) is 16.7 Å². The van der Waals surface area contributed by atoms with Crippen LogP contribution in [0.2, 0.25) is 0 Å². The number of nitrogens with zero attached hydrogens (tertiary/aromatic N) is 3. The van der Waals surface area contributed by atoms with Crippen molar-refractivity contribution in [1.82, 2.24) is 20.2 Å². The lowest BCUT2D eigenvalue weighted by Crippen LogP contribution is -2.07. The third-order valence-corrected chi connectivity index (χ3v) is 3.26. The molecule has 2 aromatic heterocycles. The smallest absolute Gasteiger partial charge is 0.417 e. The van der Waals surface area contributed by atoms with Crippen molar-refractivity contribution in [3.63, 3.8) is 0 Å². The second kappa shape index (κ2) is 5.38. The largest absolute Gasteiger partial charge is 0.507 e. The Labute approximate surface area is 128 Å². The van der Waals surface area contributed by atoms with Gasteiger partial charge in [0.2, 0.25) is 0 Å². The summed E-state index contributed by atoms with van der Waals surface area (Å²) in [7, 11) is 0. The molecule has 118 valence electrons. The zero-order chi connectivity index (χ0) is 16.6. The van der Waals surface area contributed by atoms with Crippen molar-refractivity contribution >= 4 is 0 Å². The van der Waals surface area contributed by atoms with E-state index in [2.05, 4.69) is 20.2 Å². The van der Waals surface area contributed by atoms with Gasteiger partial charge in [-0.15, -0.1) is 0 Å². The molecule has 0 aliphatic carbocycles. The van der Waals surface area contributed by atoms with Crippen LogP contribution >= 0.6 is 0 Å². The molecule has 0 spiro atoms. The van der Waals surface area contributed by atoms with Crippen LogP contribution in [0.5, 0.6) is 5.75 Å². The van der Waals surface area contributed by atoms with E-state index in [-0.39, 0.29) is 23.0 Å². The highest BCUT2D eigenvalue weighted by Crippen LogP contribution is 2.36. The van der Waals surface area contributed by atoms with Crippen molar-refractivity contribution in [2.75, 3.05) is 0 Å². The van der Waals surface area contributed by atoms with Crippen LogP contribution < -0.4 is 0 Å². The number of rotatable bonds is 2. The van der Waals surface area contributed by atoms with E-state index in [1.54, 1.807) is 12.1 Å². The first-order valence-electron chi connectivity index (χ1n) is 6.60. The molecule has 23 heavy (non-hydrogen) atoms. The van der Waals surface area contributed by atoms with Crippen LogP contribution in [0.3, 0.4) is 0 Å². The summed E-state index contributed by atoms with van der Waals surface area (Å²) in [4.78, 5) is 7.77. The Hall–Kier alpha value is -2.90. The molecule has 0 amide bonds. The fraction of sp³-hybridized carbons (Fsp3) is 0.133. The van der Waals surface area contributed by atoms with Crippen LogP contribution in [0.1, 0.15) is 11.1 Å². The number of hydrogen-bond donors (Lipinski definition) is 2. The summed E-state index contributed by atoms with van der Waals surface area (Å²) in [6.07, 6.45) is -2.41. The molecular formula is C15H11F3N4O. The summed E-state index contributed by atoms with van der Waals surface area (Å²) < 4.78 is 39.1. The van der Waals surface area contributed by atoms with Crippen molar-refractivity contribution in [3.8, 4) is 28.5 Å². The molecule has 0 atom stereocenters. The SMILES string of the molecule is Cc1ccc(O)c(-c2nc(-c3cnccc3C(F)(F)F)n[nH]2)c1. The minimum absolute atomic E-state index is 0.0412. The van der Waals surface area contributed by atoms with E-state index in [9.17, 15) is 18.3 Å². The van der Waals surface area contributed by atoms with Crippen molar-refractivity contribution in [2.24, 2.45) is 0 Å². The second-order valence-corrected chi connectivity index (χ2v) is 4.95. The lowest BCUT2D eigenvalue weighted by atomic mass is 10.1. The van der Waals surface area contributed by atoms with E-state index in [0.717, 1.165) is 24.0 Å². The normalized spacial score (nSPS) is 11.7. The van der Waals surface area contributed by atoms with Crippen molar-refractivity contribution in [3.05, 3.63) is 47.8 Å². The number of nitrogens with one attached hydrogen (secondary N) is 1. The summed E-state index contributed by atoms with van der Waals surface area (Å²) in [6, 6.07) is 5.72. The molecule has 0 saturated heterocycles. The molecule has 5 nitrogen and oxygen atoms in total. The monoisotopic (exact) mass is 320 g/mol. The molecule has 1 aromatic carbocycles. The van der Waals surface area contributed by atoms with E-state index in [0.29, 0.717) is 5.56 Å². The number of benzene rings is 1. The minimum atomic E-state index is -4.54. The number of halogens is 3. The van der Waals surface area contributed by atoms with Gasteiger partial charge >= 0.3 is 6.18 Å². The summed E-state index contributed by atoms with van der Waals surface area (Å²) in [6.45, 7) is 1.82. The lowest BCUT2D eigenvalue weighted by molar-refractivity contribution is -0.137. The molecular weight excluding hydrogens is 309 g/mol. The van der Waals surface area contributed by atoms with E-state index in [4.69, 9.17) is 0 Å². The number of pyridine rings is 1. The lowest BCUT2D eigenvalue weighted by Gasteiger charge is -2.09. The Morgan fingerprint density at radius 2 is 1.91 bits per heavy atom. The summed E-state index contributed by atoms with van der Waals surface area (Å²) in [5.74, 6) is 0.0000372. The molecule has 0 fully saturated rings. The van der Waals surface area contributed by atoms with E-state index in [1.165, 1.54) is 6.07 Å². The van der Waals surface area contributed by atoms with Gasteiger partial charge in [0.1, 0.15) is 5.75 Å². The highest BCUT2D eigenvalue weighted by atomic mass is 19.4. The Kier molecular flexibility index (Phi) is 3.51. The third kappa shape index (κ3) is 2.87. The van der Waals surface area contributed by atoms with Crippen LogP contribution in [0.4, 0.5) is 13.2 Å². The molecule has 8 heteroatoms. The summed E-state index contributed by atoms with van der Waals surface area (Å²) >= 11 is 0. The predicted octanol–water partition coefficient (Wildman–Crippen LogP) is 3.57. The number of aryl methyl sites for hydroxylation is 1. The van der Waals surface area contributed by atoms with Crippen molar-refractivity contribution in [1.29, 1.82) is 0 Å². The van der Waals surface area contributed by atoms with Gasteiger partial charge in [-0.1, -0.05) is 11.6 Å². The molecule has 0 aliphatic heterocycles. The molecule has 2 heterocycles. The molecule has 0 radical (unpaired) electrons. The fourth-order valence-corrected chi connectivity index (χ4v) is 2.16. The molecule has 0 saturated carbocycles. The maximum atomic E-state index is 13.0. The number of hydrogen-bond acceptors (Lipinski definition) is 4. The van der Waals surface area contributed by atoms with Gasteiger partial charge in [0.25, 0.3) is 0 Å². The average molecular weight is 320 g/mol. The second-order valence-electron chi connectivity index (χ2n) is 4.95. The highest BCUT2D eigenvalue weighted by Gasteiger charge is 2.34. The summed E-state index contributed by atoms with van der Waals surface area (Å²) in [5, 5.41) is 16.2. The van der Waals surface area contributed by atoms with E-state index in [1.807, 2.05) is 6.92 Å². The number of aromatic nitrogens is 4. The van der Waals surface area contributed by atoms with Gasteiger partial charge in [-0.25, -0.2) is 4.98 Å². The number of alkyl halides is 3. The van der Waals surface area contributed by atoms with Crippen LogP contribution in [0.15, 0.2) is 36.7 Å². The van der Waals surface area contributed by atoms with Gasteiger partial charge in [0.15, 0.2) is 11.6 Å². The number of aromatic hydroxyl groups is 1. The van der Waals surface area contributed by atoms with Crippen LogP contribution in [0.25, 0.3) is 22.8 Å². The molecule has 3 rings (SSSR count). The molecule has 0 bridgehead atoms. The predicted molar refractivity (Wildman–Crippen MR) is 76.5 cm³/mol. The van der Waals surface area contributed by atoms with Gasteiger partial charge in [-0.3, -0.25) is 10.1 Å². The number of H-pyrrole nitrogens is 1. The summed E-state index contributed by atoms with van der Waals surface area (Å²) in [5.41, 5.74) is 0.135. The first-order chi connectivity index (χ1) is 10.9. The Morgan fingerprint density at radius 3 is 2.65 bits per heavy atom. The molecule has 0 unspecified atom stereocenters. The Bertz CT molecular complexity index is 858. The first-order valence-corrected chi connectivity index (χ1v) is 6.60. The average Bonchev–Trinajstić information content (AvgIpc) is 2.98. The van der Waals surface area contributed by atoms with Crippen molar-refractivity contribution < 1.29 is 18.3 Å².